The maximum absolute atomic E-state index is 13.6. The number of halogens is 2. The highest BCUT2D eigenvalue weighted by Crippen LogP contribution is 2.30. The van der Waals surface area contributed by atoms with E-state index in [0.29, 0.717) is 18.0 Å². The number of hydrogen-bond acceptors (Lipinski definition) is 4. The molecule has 10 heteroatoms. The molecule has 0 fully saturated rings. The van der Waals surface area contributed by atoms with Crippen molar-refractivity contribution in [3.8, 4) is 0 Å². The second-order valence-electron chi connectivity index (χ2n) is 8.44. The molecule has 0 saturated carbocycles. The molecule has 2 aromatic rings. The molecule has 0 spiro atoms. The highest BCUT2D eigenvalue weighted by molar-refractivity contribution is 7.92. The summed E-state index contributed by atoms with van der Waals surface area (Å²) in [6.45, 7) is 5.88. The van der Waals surface area contributed by atoms with Crippen molar-refractivity contribution < 1.29 is 18.0 Å². The molecule has 0 aliphatic carbocycles. The fourth-order valence-corrected chi connectivity index (χ4v) is 4.82. The number of anilines is 1. The molecule has 7 nitrogen and oxygen atoms in total. The molecule has 2 aromatic carbocycles. The van der Waals surface area contributed by atoms with Crippen molar-refractivity contribution >= 4 is 50.7 Å². The van der Waals surface area contributed by atoms with Gasteiger partial charge < -0.3 is 10.2 Å². The van der Waals surface area contributed by atoms with Crippen LogP contribution in [0.3, 0.4) is 0 Å². The zero-order valence-corrected chi connectivity index (χ0v) is 22.1. The lowest BCUT2D eigenvalue weighted by atomic mass is 10.1. The molecule has 1 N–H and O–H groups in total. The largest absolute Gasteiger partial charge is 0.354 e. The zero-order valence-electron chi connectivity index (χ0n) is 19.8. The van der Waals surface area contributed by atoms with Gasteiger partial charge in [-0.1, -0.05) is 74.3 Å². The second-order valence-corrected chi connectivity index (χ2v) is 11.2. The van der Waals surface area contributed by atoms with Crippen LogP contribution in [0.4, 0.5) is 5.69 Å². The minimum atomic E-state index is -3.87. The van der Waals surface area contributed by atoms with Crippen LogP contribution < -0.4 is 9.62 Å². The number of benzene rings is 2. The minimum Gasteiger partial charge on any atom is -0.354 e. The first-order valence-electron chi connectivity index (χ1n) is 11.0. The average Bonchev–Trinajstić information content (AvgIpc) is 2.76. The highest BCUT2D eigenvalue weighted by atomic mass is 35.5. The summed E-state index contributed by atoms with van der Waals surface area (Å²) >= 11 is 12.2. The van der Waals surface area contributed by atoms with E-state index < -0.39 is 28.5 Å². The fourth-order valence-electron chi connectivity index (χ4n) is 3.40. The van der Waals surface area contributed by atoms with Crippen LogP contribution in [0, 0.1) is 5.92 Å². The summed E-state index contributed by atoms with van der Waals surface area (Å²) in [7, 11) is -3.87. The second kappa shape index (κ2) is 12.4. The molecule has 0 radical (unpaired) electrons. The van der Waals surface area contributed by atoms with Crippen molar-refractivity contribution in [3.63, 3.8) is 0 Å². The third-order valence-electron chi connectivity index (χ3n) is 5.12. The Morgan fingerprint density at radius 2 is 1.71 bits per heavy atom. The van der Waals surface area contributed by atoms with E-state index in [-0.39, 0.29) is 29.1 Å². The van der Waals surface area contributed by atoms with Gasteiger partial charge in [0.25, 0.3) is 0 Å². The predicted octanol–water partition coefficient (Wildman–Crippen LogP) is 4.34. The van der Waals surface area contributed by atoms with Crippen molar-refractivity contribution in [1.29, 1.82) is 0 Å². The van der Waals surface area contributed by atoms with Crippen molar-refractivity contribution in [3.05, 3.63) is 64.1 Å². The van der Waals surface area contributed by atoms with Gasteiger partial charge in [-0.2, -0.15) is 0 Å². The highest BCUT2D eigenvalue weighted by Gasteiger charge is 2.32. The van der Waals surface area contributed by atoms with Crippen molar-refractivity contribution in [2.45, 2.75) is 39.8 Å². The van der Waals surface area contributed by atoms with E-state index in [2.05, 4.69) is 5.32 Å². The lowest BCUT2D eigenvalue weighted by Crippen LogP contribution is -2.52. The van der Waals surface area contributed by atoms with Gasteiger partial charge >= 0.3 is 0 Å². The predicted molar refractivity (Wildman–Crippen MR) is 138 cm³/mol. The third kappa shape index (κ3) is 7.89. The fraction of sp³-hybridized carbons (Fsp3) is 0.417. The van der Waals surface area contributed by atoms with Crippen LogP contribution in [0.5, 0.6) is 0 Å². The van der Waals surface area contributed by atoms with Crippen LogP contribution in [0.25, 0.3) is 0 Å². The summed E-state index contributed by atoms with van der Waals surface area (Å²) in [5.74, 6) is -0.560. The Morgan fingerprint density at radius 1 is 1.06 bits per heavy atom. The summed E-state index contributed by atoms with van der Waals surface area (Å²) in [6.07, 6.45) is 1.36. The maximum Gasteiger partial charge on any atom is 0.244 e. The summed E-state index contributed by atoms with van der Waals surface area (Å²) in [6, 6.07) is 12.8. The van der Waals surface area contributed by atoms with Gasteiger partial charge in [-0.05, 0) is 36.1 Å². The van der Waals surface area contributed by atoms with Crippen LogP contribution >= 0.6 is 23.2 Å². The Balaban J connectivity index is 2.42. The van der Waals surface area contributed by atoms with E-state index in [0.717, 1.165) is 16.1 Å². The molecule has 0 unspecified atom stereocenters. The molecule has 0 aliphatic heterocycles. The molecule has 0 saturated heterocycles. The van der Waals surface area contributed by atoms with Gasteiger partial charge in [-0.25, -0.2) is 8.42 Å². The van der Waals surface area contributed by atoms with Crippen molar-refractivity contribution in [2.24, 2.45) is 5.92 Å². The Hall–Kier alpha value is -2.29. The molecular weight excluding hydrogens is 497 g/mol. The first-order valence-corrected chi connectivity index (χ1v) is 13.6. The zero-order chi connectivity index (χ0) is 25.5. The molecule has 2 rings (SSSR count). The normalized spacial score (nSPS) is 12.3. The Labute approximate surface area is 212 Å². The molecule has 1 atom stereocenters. The number of carbonyl (C=O) groups excluding carboxylic acids is 2. The van der Waals surface area contributed by atoms with Crippen LogP contribution in [0.1, 0.15) is 32.8 Å². The van der Waals surface area contributed by atoms with E-state index >= 15 is 0 Å². The first kappa shape index (κ1) is 28.0. The summed E-state index contributed by atoms with van der Waals surface area (Å²) in [4.78, 5) is 28.0. The lowest BCUT2D eigenvalue weighted by molar-refractivity contribution is -0.140. The van der Waals surface area contributed by atoms with Crippen LogP contribution in [0.2, 0.25) is 10.0 Å². The van der Waals surface area contributed by atoms with Crippen LogP contribution in [-0.4, -0.2) is 50.5 Å². The molecular formula is C24H31Cl2N3O4S. The van der Waals surface area contributed by atoms with Gasteiger partial charge in [0, 0.05) is 18.1 Å². The molecule has 2 amide bonds. The number of rotatable bonds is 11. The van der Waals surface area contributed by atoms with E-state index in [1.165, 1.54) is 23.1 Å². The van der Waals surface area contributed by atoms with Gasteiger partial charge in [0.15, 0.2) is 0 Å². The smallest absolute Gasteiger partial charge is 0.244 e. The van der Waals surface area contributed by atoms with E-state index in [1.54, 1.807) is 0 Å². The standard InChI is InChI=1S/C24H31Cl2N3O4S/c1-5-21(24(31)27-14-17(2)3)28(15-18-9-7-6-8-10-18)23(30)16-29(34(4,32)33)22-12-11-19(25)13-20(22)26/h6-13,17,21H,5,14-16H2,1-4H3,(H,27,31)/t21-/m0/s1. The molecule has 0 bridgehead atoms. The lowest BCUT2D eigenvalue weighted by Gasteiger charge is -2.33. The number of amides is 2. The van der Waals surface area contributed by atoms with Gasteiger partial charge in [0.2, 0.25) is 21.8 Å². The van der Waals surface area contributed by atoms with Crippen LogP contribution in [-0.2, 0) is 26.2 Å². The van der Waals surface area contributed by atoms with Crippen molar-refractivity contribution in [1.82, 2.24) is 10.2 Å². The molecule has 0 heterocycles. The number of nitrogens with one attached hydrogen (secondary N) is 1. The first-order chi connectivity index (χ1) is 15.9. The quantitative estimate of drug-likeness (QED) is 0.470. The van der Waals surface area contributed by atoms with Crippen LogP contribution in [0.15, 0.2) is 48.5 Å². The molecule has 34 heavy (non-hydrogen) atoms. The number of sulfonamides is 1. The third-order valence-corrected chi connectivity index (χ3v) is 6.79. The number of carbonyl (C=O) groups is 2. The summed E-state index contributed by atoms with van der Waals surface area (Å²) in [5.41, 5.74) is 0.959. The van der Waals surface area contributed by atoms with Gasteiger partial charge in [0.1, 0.15) is 12.6 Å². The topological polar surface area (TPSA) is 86.8 Å². The SMILES string of the molecule is CC[C@@H](C(=O)NCC(C)C)N(Cc1ccccc1)C(=O)CN(c1ccc(Cl)cc1Cl)S(C)(=O)=O. The molecule has 0 aliphatic rings. The van der Waals surface area contributed by atoms with Gasteiger partial charge in [0.05, 0.1) is 17.0 Å². The van der Waals surface area contributed by atoms with Gasteiger partial charge in [-0.15, -0.1) is 0 Å². The van der Waals surface area contributed by atoms with E-state index in [9.17, 15) is 18.0 Å². The van der Waals surface area contributed by atoms with Gasteiger partial charge in [-0.3, -0.25) is 13.9 Å². The van der Waals surface area contributed by atoms with E-state index in [4.69, 9.17) is 23.2 Å². The summed E-state index contributed by atoms with van der Waals surface area (Å²) < 4.78 is 26.2. The number of nitrogens with zero attached hydrogens (tertiary/aromatic N) is 2. The average molecular weight is 529 g/mol. The number of hydrogen-bond donors (Lipinski definition) is 1. The molecule has 186 valence electrons. The molecule has 0 aromatic heterocycles. The van der Waals surface area contributed by atoms with E-state index in [1.807, 2.05) is 51.1 Å². The maximum atomic E-state index is 13.6. The Bertz CT molecular complexity index is 1090. The summed E-state index contributed by atoms with van der Waals surface area (Å²) in [5, 5.41) is 3.32. The minimum absolute atomic E-state index is 0.0991. The van der Waals surface area contributed by atoms with Crippen molar-refractivity contribution in [2.75, 3.05) is 23.7 Å². The Morgan fingerprint density at radius 3 is 2.24 bits per heavy atom. The Kier molecular flexibility index (Phi) is 10.2. The monoisotopic (exact) mass is 527 g/mol.